The van der Waals surface area contributed by atoms with Crippen LogP contribution < -0.4 is 0 Å². The number of thiazole rings is 1. The second-order valence-corrected chi connectivity index (χ2v) is 7.58. The largest absolute Gasteiger partial charge is 0.361 e. The number of hydrogen-bond donors (Lipinski definition) is 1. The molecular formula is C19H16N4O2S. The van der Waals surface area contributed by atoms with Crippen LogP contribution in [0.25, 0.3) is 22.2 Å². The van der Waals surface area contributed by atoms with Crippen LogP contribution in [-0.2, 0) is 0 Å². The number of hydrogen-bond acceptors (Lipinski definition) is 6. The molecule has 1 aliphatic rings. The lowest BCUT2D eigenvalue weighted by Gasteiger charge is -2.05. The number of imidazole rings is 1. The van der Waals surface area contributed by atoms with E-state index in [-0.39, 0.29) is 5.78 Å². The lowest BCUT2D eigenvalue weighted by molar-refractivity contribution is 0.104. The number of nitrogens with zero attached hydrogens (tertiary/aromatic N) is 3. The summed E-state index contributed by atoms with van der Waals surface area (Å²) in [7, 11) is 0. The molecule has 5 rings (SSSR count). The molecule has 0 saturated heterocycles. The fourth-order valence-electron chi connectivity index (χ4n) is 3.35. The normalized spacial score (nSPS) is 14.2. The molecule has 0 radical (unpaired) electrons. The van der Waals surface area contributed by atoms with Crippen molar-refractivity contribution in [3.8, 4) is 11.1 Å². The highest BCUT2D eigenvalue weighted by molar-refractivity contribution is 7.11. The maximum Gasteiger partial charge on any atom is 0.223 e. The van der Waals surface area contributed by atoms with Gasteiger partial charge in [0.25, 0.3) is 0 Å². The molecule has 4 aromatic rings. The number of carbonyl (C=O) groups is 1. The molecular weight excluding hydrogens is 348 g/mol. The Kier molecular flexibility index (Phi) is 3.33. The third-order valence-electron chi connectivity index (χ3n) is 4.76. The first-order chi connectivity index (χ1) is 12.6. The second kappa shape index (κ2) is 5.60. The summed E-state index contributed by atoms with van der Waals surface area (Å²) in [5, 5.41) is 6.32. The summed E-state index contributed by atoms with van der Waals surface area (Å²) in [6.07, 6.45) is 3.94. The van der Waals surface area contributed by atoms with Gasteiger partial charge in [0, 0.05) is 23.1 Å². The number of fused-ring (bicyclic) bond motifs is 1. The summed E-state index contributed by atoms with van der Waals surface area (Å²) in [5.74, 6) is 2.07. The zero-order chi connectivity index (χ0) is 17.8. The van der Waals surface area contributed by atoms with Gasteiger partial charge in [0.1, 0.15) is 11.6 Å². The predicted octanol–water partition coefficient (Wildman–Crippen LogP) is 4.40. The zero-order valence-electron chi connectivity index (χ0n) is 14.4. The van der Waals surface area contributed by atoms with Gasteiger partial charge in [-0.15, -0.1) is 11.3 Å². The van der Waals surface area contributed by atoms with E-state index < -0.39 is 0 Å². The topological polar surface area (TPSA) is 84.7 Å². The number of aromatic nitrogens is 4. The molecule has 0 aliphatic heterocycles. The second-order valence-electron chi connectivity index (χ2n) is 6.68. The van der Waals surface area contributed by atoms with Crippen LogP contribution in [0.1, 0.15) is 51.4 Å². The predicted molar refractivity (Wildman–Crippen MR) is 98.6 cm³/mol. The quantitative estimate of drug-likeness (QED) is 0.543. The van der Waals surface area contributed by atoms with Crippen molar-refractivity contribution in [3.63, 3.8) is 0 Å². The number of benzene rings is 1. The fourth-order valence-corrected chi connectivity index (χ4v) is 3.94. The molecule has 1 fully saturated rings. The minimum absolute atomic E-state index is 0.104. The highest BCUT2D eigenvalue weighted by atomic mass is 32.1. The molecule has 1 aromatic carbocycles. The van der Waals surface area contributed by atoms with E-state index >= 15 is 0 Å². The molecule has 1 saturated carbocycles. The van der Waals surface area contributed by atoms with Gasteiger partial charge < -0.3 is 9.51 Å². The molecule has 1 aliphatic carbocycles. The van der Waals surface area contributed by atoms with Crippen molar-refractivity contribution in [1.29, 1.82) is 0 Å². The number of aromatic amines is 1. The summed E-state index contributed by atoms with van der Waals surface area (Å²) in [6.45, 7) is 3.78. The number of carbonyl (C=O) groups excluding carboxylic acids is 1. The van der Waals surface area contributed by atoms with Crippen LogP contribution in [0, 0.1) is 13.8 Å². The highest BCUT2D eigenvalue weighted by Crippen LogP contribution is 2.40. The Bertz CT molecular complexity index is 1120. The fraction of sp³-hybridized carbons (Fsp3) is 0.263. The third-order valence-corrected chi connectivity index (χ3v) is 5.53. The van der Waals surface area contributed by atoms with Crippen molar-refractivity contribution < 1.29 is 9.32 Å². The van der Waals surface area contributed by atoms with Crippen molar-refractivity contribution >= 4 is 28.2 Å². The molecule has 3 aromatic heterocycles. The van der Waals surface area contributed by atoms with Gasteiger partial charge >= 0.3 is 0 Å². The van der Waals surface area contributed by atoms with E-state index in [4.69, 9.17) is 9.51 Å². The van der Waals surface area contributed by atoms with Crippen LogP contribution in [0.2, 0.25) is 0 Å². The van der Waals surface area contributed by atoms with Crippen LogP contribution in [0.3, 0.4) is 0 Å². The summed E-state index contributed by atoms with van der Waals surface area (Å²) in [6, 6.07) is 3.91. The number of H-pyrrole nitrogens is 1. The smallest absolute Gasteiger partial charge is 0.223 e. The summed E-state index contributed by atoms with van der Waals surface area (Å²) in [5.41, 5.74) is 4.77. The van der Waals surface area contributed by atoms with Gasteiger partial charge in [-0.25, -0.2) is 9.97 Å². The van der Waals surface area contributed by atoms with Crippen molar-refractivity contribution in [2.75, 3.05) is 0 Å². The van der Waals surface area contributed by atoms with Crippen LogP contribution in [0.5, 0.6) is 0 Å². The zero-order valence-corrected chi connectivity index (χ0v) is 15.2. The molecule has 0 bridgehead atoms. The van der Waals surface area contributed by atoms with Crippen molar-refractivity contribution in [2.24, 2.45) is 0 Å². The van der Waals surface area contributed by atoms with Gasteiger partial charge in [0.05, 0.1) is 22.3 Å². The van der Waals surface area contributed by atoms with E-state index in [1.54, 1.807) is 6.20 Å². The molecule has 6 nitrogen and oxygen atoms in total. The van der Waals surface area contributed by atoms with Crippen LogP contribution >= 0.6 is 11.3 Å². The van der Waals surface area contributed by atoms with Crippen molar-refractivity contribution in [1.82, 2.24) is 20.1 Å². The summed E-state index contributed by atoms with van der Waals surface area (Å²) < 4.78 is 5.32. The molecule has 0 unspecified atom stereocenters. The SMILES string of the molecule is Cc1noc(C)c1-c1cc(C(=O)c2nccs2)c2nc(C3CC3)[nH]c2c1. The number of nitrogens with one attached hydrogen (secondary N) is 1. The van der Waals surface area contributed by atoms with Crippen LogP contribution in [-0.4, -0.2) is 25.9 Å². The Labute approximate surface area is 153 Å². The lowest BCUT2D eigenvalue weighted by Crippen LogP contribution is -2.02. The van der Waals surface area contributed by atoms with E-state index in [1.807, 2.05) is 31.4 Å². The minimum atomic E-state index is -0.104. The Morgan fingerprint density at radius 3 is 2.81 bits per heavy atom. The monoisotopic (exact) mass is 364 g/mol. The Hall–Kier alpha value is -2.80. The van der Waals surface area contributed by atoms with Crippen LogP contribution in [0.15, 0.2) is 28.2 Å². The lowest BCUT2D eigenvalue weighted by atomic mass is 9.98. The maximum absolute atomic E-state index is 13.1. The number of aryl methyl sites for hydroxylation is 2. The molecule has 26 heavy (non-hydrogen) atoms. The van der Waals surface area contributed by atoms with Gasteiger partial charge in [0.15, 0.2) is 5.01 Å². The summed E-state index contributed by atoms with van der Waals surface area (Å²) in [4.78, 5) is 25.4. The van der Waals surface area contributed by atoms with Gasteiger partial charge in [-0.05, 0) is 44.4 Å². The van der Waals surface area contributed by atoms with E-state index in [2.05, 4.69) is 15.1 Å². The van der Waals surface area contributed by atoms with Crippen molar-refractivity contribution in [3.05, 3.63) is 51.6 Å². The average Bonchev–Trinajstić information content (AvgIpc) is 3.04. The molecule has 0 spiro atoms. The maximum atomic E-state index is 13.1. The van der Waals surface area contributed by atoms with Crippen LogP contribution in [0.4, 0.5) is 0 Å². The van der Waals surface area contributed by atoms with E-state index in [1.165, 1.54) is 11.3 Å². The number of ketones is 1. The highest BCUT2D eigenvalue weighted by Gasteiger charge is 2.28. The Morgan fingerprint density at radius 2 is 2.15 bits per heavy atom. The molecule has 0 atom stereocenters. The van der Waals surface area contributed by atoms with Gasteiger partial charge in [-0.1, -0.05) is 5.16 Å². The molecule has 130 valence electrons. The molecule has 1 N–H and O–H groups in total. The molecule has 7 heteroatoms. The van der Waals surface area contributed by atoms with E-state index in [9.17, 15) is 4.79 Å². The Morgan fingerprint density at radius 1 is 1.31 bits per heavy atom. The first kappa shape index (κ1) is 15.5. The van der Waals surface area contributed by atoms with E-state index in [0.29, 0.717) is 22.0 Å². The molecule has 0 amide bonds. The average molecular weight is 364 g/mol. The first-order valence-corrected chi connectivity index (χ1v) is 9.41. The van der Waals surface area contributed by atoms with Gasteiger partial charge in [-0.3, -0.25) is 4.79 Å². The number of rotatable bonds is 4. The Balaban J connectivity index is 1.76. The van der Waals surface area contributed by atoms with Crippen molar-refractivity contribution in [2.45, 2.75) is 32.6 Å². The van der Waals surface area contributed by atoms with Gasteiger partial charge in [0.2, 0.25) is 5.78 Å². The summed E-state index contributed by atoms with van der Waals surface area (Å²) >= 11 is 1.34. The standard InChI is InChI=1S/C19H16N4O2S/c1-9-15(10(2)25-23-9)12-7-13(17(24)19-20-5-6-26-19)16-14(8-12)21-18(22-16)11-3-4-11/h5-8,11H,3-4H2,1-2H3,(H,21,22). The van der Waals surface area contributed by atoms with E-state index in [0.717, 1.165) is 46.8 Å². The molecule has 3 heterocycles. The van der Waals surface area contributed by atoms with Gasteiger partial charge in [-0.2, -0.15) is 0 Å². The minimum Gasteiger partial charge on any atom is -0.361 e. The first-order valence-electron chi connectivity index (χ1n) is 8.53. The third kappa shape index (κ3) is 2.39.